The Balaban J connectivity index is 1.47. The fourth-order valence-corrected chi connectivity index (χ4v) is 3.31. The minimum absolute atomic E-state index is 0.0984. The summed E-state index contributed by atoms with van der Waals surface area (Å²) in [6.45, 7) is 0.544. The normalized spacial score (nSPS) is 12.2. The third-order valence-electron chi connectivity index (χ3n) is 4.85. The van der Waals surface area contributed by atoms with Gasteiger partial charge in [0.05, 0.1) is 12.8 Å². The van der Waals surface area contributed by atoms with E-state index in [-0.39, 0.29) is 23.8 Å². The molecule has 0 atom stereocenters. The number of rotatable bonds is 5. The van der Waals surface area contributed by atoms with Crippen molar-refractivity contribution >= 4 is 17.0 Å². The van der Waals surface area contributed by atoms with Crippen LogP contribution < -0.4 is 30.8 Å². The zero-order valence-corrected chi connectivity index (χ0v) is 16.4. The molecule has 1 aliphatic heterocycles. The van der Waals surface area contributed by atoms with E-state index in [2.05, 4.69) is 20.3 Å². The smallest absolute Gasteiger partial charge is 0.334 e. The molecule has 2 N–H and O–H groups in total. The van der Waals surface area contributed by atoms with E-state index >= 15 is 0 Å². The highest BCUT2D eigenvalue weighted by Crippen LogP contribution is 2.33. The summed E-state index contributed by atoms with van der Waals surface area (Å²) >= 11 is 0. The van der Waals surface area contributed by atoms with Gasteiger partial charge in [0, 0.05) is 18.8 Å². The molecular formula is C21H17N5O5. The molecule has 4 aromatic rings. The predicted molar refractivity (Wildman–Crippen MR) is 112 cm³/mol. The van der Waals surface area contributed by atoms with Crippen LogP contribution in [-0.2, 0) is 6.54 Å². The largest absolute Gasteiger partial charge is 0.497 e. The maximum atomic E-state index is 13.0. The molecule has 1 aliphatic rings. The number of anilines is 1. The lowest BCUT2D eigenvalue weighted by atomic mass is 10.2. The Hall–Kier alpha value is -4.34. The van der Waals surface area contributed by atoms with Gasteiger partial charge in [0.15, 0.2) is 17.1 Å². The van der Waals surface area contributed by atoms with Crippen LogP contribution in [0.3, 0.4) is 0 Å². The Labute approximate surface area is 175 Å². The van der Waals surface area contributed by atoms with Crippen molar-refractivity contribution in [3.8, 4) is 22.9 Å². The summed E-state index contributed by atoms with van der Waals surface area (Å²) in [7, 11) is 1.60. The van der Waals surface area contributed by atoms with Gasteiger partial charge in [0.25, 0.3) is 5.56 Å². The van der Waals surface area contributed by atoms with E-state index in [9.17, 15) is 9.59 Å². The first-order valence-electron chi connectivity index (χ1n) is 9.41. The second-order valence-corrected chi connectivity index (χ2v) is 6.77. The highest BCUT2D eigenvalue weighted by atomic mass is 16.7. The number of aromatic amines is 1. The van der Waals surface area contributed by atoms with Gasteiger partial charge in [0.2, 0.25) is 12.7 Å². The van der Waals surface area contributed by atoms with Gasteiger partial charge in [-0.05, 0) is 29.8 Å². The molecule has 156 valence electrons. The Morgan fingerprint density at radius 1 is 1.16 bits per heavy atom. The Morgan fingerprint density at radius 2 is 2.03 bits per heavy atom. The summed E-state index contributed by atoms with van der Waals surface area (Å²) in [5, 5.41) is 3.26. The molecule has 3 heterocycles. The minimum Gasteiger partial charge on any atom is -0.497 e. The predicted octanol–water partition coefficient (Wildman–Crippen LogP) is 1.82. The van der Waals surface area contributed by atoms with Gasteiger partial charge in [0.1, 0.15) is 11.1 Å². The number of hydrogen-bond acceptors (Lipinski definition) is 8. The molecule has 0 amide bonds. The lowest BCUT2D eigenvalue weighted by molar-refractivity contribution is 0.174. The molecule has 10 nitrogen and oxygen atoms in total. The van der Waals surface area contributed by atoms with Crippen LogP contribution in [0.4, 0.5) is 5.95 Å². The minimum atomic E-state index is -0.617. The van der Waals surface area contributed by atoms with Crippen molar-refractivity contribution in [2.24, 2.45) is 0 Å². The van der Waals surface area contributed by atoms with Crippen LogP contribution in [0, 0.1) is 0 Å². The zero-order chi connectivity index (χ0) is 21.4. The quantitative estimate of drug-likeness (QED) is 0.503. The van der Waals surface area contributed by atoms with Gasteiger partial charge in [-0.15, -0.1) is 0 Å². The van der Waals surface area contributed by atoms with Crippen LogP contribution in [0.25, 0.3) is 16.7 Å². The Kier molecular flexibility index (Phi) is 4.51. The van der Waals surface area contributed by atoms with Crippen molar-refractivity contribution < 1.29 is 14.2 Å². The molecule has 31 heavy (non-hydrogen) atoms. The number of nitrogens with zero attached hydrogens (tertiary/aromatic N) is 3. The first kappa shape index (κ1) is 18.7. The van der Waals surface area contributed by atoms with Crippen LogP contribution in [0.5, 0.6) is 17.2 Å². The summed E-state index contributed by atoms with van der Waals surface area (Å²) in [6, 6.07) is 12.4. The topological polar surface area (TPSA) is 120 Å². The van der Waals surface area contributed by atoms with Gasteiger partial charge >= 0.3 is 5.69 Å². The first-order chi connectivity index (χ1) is 15.1. The van der Waals surface area contributed by atoms with Gasteiger partial charge in [-0.3, -0.25) is 9.78 Å². The number of H-pyrrole nitrogens is 1. The fraction of sp³-hybridized carbons (Fsp3) is 0.143. The zero-order valence-electron chi connectivity index (χ0n) is 16.4. The molecule has 0 unspecified atom stereocenters. The van der Waals surface area contributed by atoms with Crippen molar-refractivity contribution in [3.05, 3.63) is 75.1 Å². The molecule has 0 saturated heterocycles. The van der Waals surface area contributed by atoms with E-state index in [4.69, 9.17) is 14.2 Å². The molecule has 0 radical (unpaired) electrons. The molecular weight excluding hydrogens is 402 g/mol. The highest BCUT2D eigenvalue weighted by Gasteiger charge is 2.17. The first-order valence-corrected chi connectivity index (χ1v) is 9.41. The summed E-state index contributed by atoms with van der Waals surface area (Å²) in [4.78, 5) is 36.8. The number of nitrogens with one attached hydrogen (secondary N) is 2. The lowest BCUT2D eigenvalue weighted by Gasteiger charge is -2.09. The van der Waals surface area contributed by atoms with Crippen LogP contribution in [-0.4, -0.2) is 33.4 Å². The number of benzene rings is 2. The molecule has 0 bridgehead atoms. The standard InChI is InChI=1S/C21H17N5O5/c1-29-14-4-2-3-12(7-14)9-22-20-23-10-15-18(24-20)25-21(28)26(19(15)27)13-5-6-16-17(8-13)31-11-30-16/h2-8,10H,9,11H2,1H3,(H2,22,23,24,25,28). The summed E-state index contributed by atoms with van der Waals surface area (Å²) in [5.41, 5.74) is 0.327. The van der Waals surface area contributed by atoms with Crippen molar-refractivity contribution in [1.82, 2.24) is 19.5 Å². The Morgan fingerprint density at radius 3 is 2.90 bits per heavy atom. The van der Waals surface area contributed by atoms with E-state index in [0.29, 0.717) is 23.7 Å². The monoisotopic (exact) mass is 419 g/mol. The summed E-state index contributed by atoms with van der Waals surface area (Å²) in [5.74, 6) is 2.06. The average molecular weight is 419 g/mol. The number of fused-ring (bicyclic) bond motifs is 2. The van der Waals surface area contributed by atoms with Crippen LogP contribution >= 0.6 is 0 Å². The van der Waals surface area contributed by atoms with E-state index in [1.165, 1.54) is 6.20 Å². The molecule has 0 fully saturated rings. The highest BCUT2D eigenvalue weighted by molar-refractivity contribution is 5.73. The summed E-state index contributed by atoms with van der Waals surface area (Å²) < 4.78 is 16.8. The van der Waals surface area contributed by atoms with Gasteiger partial charge < -0.3 is 19.5 Å². The summed E-state index contributed by atoms with van der Waals surface area (Å²) in [6.07, 6.45) is 1.39. The van der Waals surface area contributed by atoms with Crippen LogP contribution in [0.15, 0.2) is 58.3 Å². The van der Waals surface area contributed by atoms with Crippen molar-refractivity contribution in [2.75, 3.05) is 19.2 Å². The second-order valence-electron chi connectivity index (χ2n) is 6.77. The molecule has 10 heteroatoms. The van der Waals surface area contributed by atoms with Crippen molar-refractivity contribution in [1.29, 1.82) is 0 Å². The second kappa shape index (κ2) is 7.48. The molecule has 0 spiro atoms. The molecule has 2 aromatic carbocycles. The average Bonchev–Trinajstić information content (AvgIpc) is 3.25. The van der Waals surface area contributed by atoms with Gasteiger partial charge in [-0.25, -0.2) is 14.3 Å². The van der Waals surface area contributed by atoms with E-state index in [0.717, 1.165) is 15.9 Å². The molecule has 5 rings (SSSR count). The maximum absolute atomic E-state index is 13.0. The van der Waals surface area contributed by atoms with Gasteiger partial charge in [-0.2, -0.15) is 4.98 Å². The van der Waals surface area contributed by atoms with Crippen molar-refractivity contribution in [3.63, 3.8) is 0 Å². The van der Waals surface area contributed by atoms with Crippen LogP contribution in [0.2, 0.25) is 0 Å². The number of hydrogen-bond donors (Lipinski definition) is 2. The SMILES string of the molecule is COc1cccc(CNc2ncc3c(=O)n(-c4ccc5c(c4)OCO5)c(=O)[nH]c3n2)c1. The van der Waals surface area contributed by atoms with E-state index in [1.54, 1.807) is 25.3 Å². The number of ether oxygens (including phenoxy) is 3. The lowest BCUT2D eigenvalue weighted by Crippen LogP contribution is -2.34. The molecule has 0 aliphatic carbocycles. The molecule has 2 aromatic heterocycles. The fourth-order valence-electron chi connectivity index (χ4n) is 3.31. The van der Waals surface area contributed by atoms with E-state index in [1.807, 2.05) is 24.3 Å². The number of aromatic nitrogens is 4. The molecule has 0 saturated carbocycles. The third kappa shape index (κ3) is 3.44. The van der Waals surface area contributed by atoms with Crippen molar-refractivity contribution in [2.45, 2.75) is 6.54 Å². The van der Waals surface area contributed by atoms with Crippen LogP contribution in [0.1, 0.15) is 5.56 Å². The number of methoxy groups -OCH3 is 1. The van der Waals surface area contributed by atoms with Gasteiger partial charge in [-0.1, -0.05) is 12.1 Å². The maximum Gasteiger partial charge on any atom is 0.334 e. The third-order valence-corrected chi connectivity index (χ3v) is 4.85. The Bertz CT molecular complexity index is 1410. The van der Waals surface area contributed by atoms with E-state index < -0.39 is 11.2 Å².